The third-order valence-electron chi connectivity index (χ3n) is 4.49. The SMILES string of the molecule is CCCCCCCCCCCCCCCC(=O)NC(CSSC)C(=O)O. The van der Waals surface area contributed by atoms with Gasteiger partial charge >= 0.3 is 5.97 Å². The van der Waals surface area contributed by atoms with E-state index < -0.39 is 12.0 Å². The van der Waals surface area contributed by atoms with Crippen LogP contribution in [0.25, 0.3) is 0 Å². The highest BCUT2D eigenvalue weighted by atomic mass is 33.1. The van der Waals surface area contributed by atoms with Gasteiger partial charge in [-0.1, -0.05) is 106 Å². The topological polar surface area (TPSA) is 66.4 Å². The maximum Gasteiger partial charge on any atom is 0.327 e. The molecule has 6 heteroatoms. The summed E-state index contributed by atoms with van der Waals surface area (Å²) in [5.41, 5.74) is 0. The van der Waals surface area contributed by atoms with Crippen LogP contribution in [-0.4, -0.2) is 35.0 Å². The lowest BCUT2D eigenvalue weighted by atomic mass is 10.0. The van der Waals surface area contributed by atoms with E-state index in [0.717, 1.165) is 12.8 Å². The summed E-state index contributed by atoms with van der Waals surface area (Å²) >= 11 is 0. The quantitative estimate of drug-likeness (QED) is 0.202. The first-order valence-corrected chi connectivity index (χ1v) is 13.0. The van der Waals surface area contributed by atoms with Gasteiger partial charge in [-0.05, 0) is 12.7 Å². The van der Waals surface area contributed by atoms with Gasteiger partial charge in [0.15, 0.2) is 0 Å². The predicted octanol–water partition coefficient (Wildman–Crippen LogP) is 6.05. The van der Waals surface area contributed by atoms with Crippen molar-refractivity contribution < 1.29 is 14.7 Å². The molecule has 154 valence electrons. The molecule has 0 radical (unpaired) electrons. The van der Waals surface area contributed by atoms with Crippen LogP contribution in [0.5, 0.6) is 0 Å². The largest absolute Gasteiger partial charge is 0.480 e. The maximum absolute atomic E-state index is 11.8. The second-order valence-corrected chi connectivity index (χ2v) is 9.51. The van der Waals surface area contributed by atoms with Gasteiger partial charge < -0.3 is 10.4 Å². The Morgan fingerprint density at radius 2 is 1.31 bits per heavy atom. The summed E-state index contributed by atoms with van der Waals surface area (Å²) in [6.07, 6.45) is 18.9. The van der Waals surface area contributed by atoms with Crippen LogP contribution in [0.1, 0.15) is 96.8 Å². The van der Waals surface area contributed by atoms with Crippen molar-refractivity contribution in [3.05, 3.63) is 0 Å². The van der Waals surface area contributed by atoms with Gasteiger partial charge in [0, 0.05) is 12.2 Å². The Hall–Kier alpha value is -0.360. The second-order valence-electron chi connectivity index (χ2n) is 6.90. The minimum absolute atomic E-state index is 0.137. The van der Waals surface area contributed by atoms with Crippen molar-refractivity contribution in [3.8, 4) is 0 Å². The molecule has 0 saturated carbocycles. The smallest absolute Gasteiger partial charge is 0.327 e. The number of hydrogen-bond acceptors (Lipinski definition) is 4. The van der Waals surface area contributed by atoms with Gasteiger partial charge in [0.1, 0.15) is 6.04 Å². The Kier molecular flexibility index (Phi) is 19.1. The summed E-state index contributed by atoms with van der Waals surface area (Å²) in [7, 11) is 2.97. The summed E-state index contributed by atoms with van der Waals surface area (Å²) in [6.45, 7) is 2.26. The molecule has 0 fully saturated rings. The summed E-state index contributed by atoms with van der Waals surface area (Å²) in [5.74, 6) is -0.687. The van der Waals surface area contributed by atoms with Crippen LogP contribution in [0.4, 0.5) is 0 Å². The van der Waals surface area contributed by atoms with E-state index in [2.05, 4.69) is 12.2 Å². The standard InChI is InChI=1S/C20H39NO3S2/c1-3-4-5-6-7-8-9-10-11-12-13-14-15-16-19(22)21-18(20(23)24)17-26-25-2/h18H,3-17H2,1-2H3,(H,21,22)(H,23,24). The summed E-state index contributed by atoms with van der Waals surface area (Å²) < 4.78 is 0. The highest BCUT2D eigenvalue weighted by Crippen LogP contribution is 2.18. The second kappa shape index (κ2) is 19.4. The van der Waals surface area contributed by atoms with Gasteiger partial charge in [0.25, 0.3) is 0 Å². The molecule has 0 bridgehead atoms. The zero-order valence-electron chi connectivity index (χ0n) is 16.8. The van der Waals surface area contributed by atoms with Gasteiger partial charge in [0.2, 0.25) is 5.91 Å². The number of carboxylic acid groups (broad SMARTS) is 1. The fraction of sp³-hybridized carbons (Fsp3) is 0.900. The number of unbranched alkanes of at least 4 members (excludes halogenated alkanes) is 12. The molecule has 0 rings (SSSR count). The average Bonchev–Trinajstić information content (AvgIpc) is 2.62. The fourth-order valence-corrected chi connectivity index (χ4v) is 4.20. The van der Waals surface area contributed by atoms with Gasteiger partial charge in [-0.2, -0.15) is 0 Å². The van der Waals surface area contributed by atoms with E-state index in [-0.39, 0.29) is 5.91 Å². The van der Waals surface area contributed by atoms with Crippen molar-refractivity contribution in [2.45, 2.75) is 103 Å². The fourth-order valence-electron chi connectivity index (χ4n) is 2.88. The number of rotatable bonds is 19. The monoisotopic (exact) mass is 405 g/mol. The van der Waals surface area contributed by atoms with E-state index in [1.54, 1.807) is 0 Å². The first-order valence-electron chi connectivity index (χ1n) is 10.3. The van der Waals surface area contributed by atoms with Crippen LogP contribution in [0, 0.1) is 0 Å². The van der Waals surface area contributed by atoms with E-state index in [9.17, 15) is 9.59 Å². The Labute approximate surface area is 168 Å². The molecule has 0 aromatic heterocycles. The van der Waals surface area contributed by atoms with Gasteiger partial charge in [0.05, 0.1) is 0 Å². The van der Waals surface area contributed by atoms with E-state index in [1.165, 1.54) is 92.2 Å². The van der Waals surface area contributed by atoms with Crippen molar-refractivity contribution in [1.82, 2.24) is 5.32 Å². The lowest BCUT2D eigenvalue weighted by Gasteiger charge is -2.13. The van der Waals surface area contributed by atoms with Crippen LogP contribution in [-0.2, 0) is 9.59 Å². The molecule has 0 spiro atoms. The Morgan fingerprint density at radius 3 is 1.73 bits per heavy atom. The Bertz CT molecular complexity index is 354. The lowest BCUT2D eigenvalue weighted by Crippen LogP contribution is -2.42. The van der Waals surface area contributed by atoms with Crippen molar-refractivity contribution in [3.63, 3.8) is 0 Å². The van der Waals surface area contributed by atoms with Crippen molar-refractivity contribution in [2.75, 3.05) is 12.0 Å². The van der Waals surface area contributed by atoms with E-state index >= 15 is 0 Å². The van der Waals surface area contributed by atoms with E-state index in [0.29, 0.717) is 12.2 Å². The van der Waals surface area contributed by atoms with E-state index in [4.69, 9.17) is 5.11 Å². The van der Waals surface area contributed by atoms with Crippen molar-refractivity contribution in [1.29, 1.82) is 0 Å². The molecule has 0 aliphatic heterocycles. The zero-order chi connectivity index (χ0) is 19.5. The number of carboxylic acids is 1. The number of nitrogens with one attached hydrogen (secondary N) is 1. The number of carbonyl (C=O) groups is 2. The molecule has 1 unspecified atom stereocenters. The highest BCUT2D eigenvalue weighted by Gasteiger charge is 2.19. The number of carbonyl (C=O) groups excluding carboxylic acids is 1. The molecule has 0 aromatic rings. The molecule has 0 aliphatic rings. The van der Waals surface area contributed by atoms with Gasteiger partial charge in [-0.3, -0.25) is 4.79 Å². The Balaban J connectivity index is 3.43. The number of aliphatic carboxylic acids is 1. The van der Waals surface area contributed by atoms with E-state index in [1.807, 2.05) is 6.26 Å². The minimum Gasteiger partial charge on any atom is -0.480 e. The molecule has 0 aromatic carbocycles. The molecule has 2 N–H and O–H groups in total. The summed E-state index contributed by atoms with van der Waals surface area (Å²) in [6, 6.07) is -0.776. The minimum atomic E-state index is -0.953. The van der Waals surface area contributed by atoms with Crippen molar-refractivity contribution in [2.24, 2.45) is 0 Å². The average molecular weight is 406 g/mol. The zero-order valence-corrected chi connectivity index (χ0v) is 18.4. The lowest BCUT2D eigenvalue weighted by molar-refractivity contribution is -0.141. The maximum atomic E-state index is 11.8. The summed E-state index contributed by atoms with van der Waals surface area (Å²) in [5, 5.41) is 11.7. The first-order chi connectivity index (χ1) is 12.6. The molecule has 4 nitrogen and oxygen atoms in total. The molecular formula is C20H39NO3S2. The van der Waals surface area contributed by atoms with Gasteiger partial charge in [-0.15, -0.1) is 0 Å². The first kappa shape index (κ1) is 25.6. The van der Waals surface area contributed by atoms with Crippen LogP contribution in [0.3, 0.4) is 0 Å². The van der Waals surface area contributed by atoms with Gasteiger partial charge in [-0.25, -0.2) is 4.79 Å². The molecule has 0 aliphatic carbocycles. The van der Waals surface area contributed by atoms with Crippen molar-refractivity contribution >= 4 is 33.5 Å². The molecule has 0 heterocycles. The predicted molar refractivity (Wildman–Crippen MR) is 116 cm³/mol. The van der Waals surface area contributed by atoms with Crippen LogP contribution < -0.4 is 5.32 Å². The molecule has 26 heavy (non-hydrogen) atoms. The molecule has 1 amide bonds. The van der Waals surface area contributed by atoms with Crippen LogP contribution >= 0.6 is 21.6 Å². The normalized spacial score (nSPS) is 12.1. The molecule has 1 atom stereocenters. The number of hydrogen-bond donors (Lipinski definition) is 2. The third kappa shape index (κ3) is 17.1. The Morgan fingerprint density at radius 1 is 0.846 bits per heavy atom. The number of amides is 1. The molecular weight excluding hydrogens is 366 g/mol. The van der Waals surface area contributed by atoms with Crippen LogP contribution in [0.2, 0.25) is 0 Å². The molecule has 0 saturated heterocycles. The summed E-state index contributed by atoms with van der Waals surface area (Å²) in [4.78, 5) is 22.9. The van der Waals surface area contributed by atoms with Crippen LogP contribution in [0.15, 0.2) is 0 Å². The third-order valence-corrected chi connectivity index (χ3v) is 6.31. The highest BCUT2D eigenvalue weighted by molar-refractivity contribution is 8.76.